The van der Waals surface area contributed by atoms with E-state index < -0.39 is 5.97 Å². The molecular weight excluding hydrogens is 252 g/mol. The highest BCUT2D eigenvalue weighted by molar-refractivity contribution is 5.66. The molecule has 1 rings (SSSR count). The van der Waals surface area contributed by atoms with Crippen molar-refractivity contribution in [3.05, 3.63) is 48.0 Å². The van der Waals surface area contributed by atoms with Crippen LogP contribution in [0.4, 0.5) is 0 Å². The molecular formula is C17H24O3. The van der Waals surface area contributed by atoms with Crippen LogP contribution in [0.3, 0.4) is 0 Å². The van der Waals surface area contributed by atoms with Crippen LogP contribution < -0.4 is 0 Å². The van der Waals surface area contributed by atoms with Gasteiger partial charge in [0, 0.05) is 11.8 Å². The van der Waals surface area contributed by atoms with Gasteiger partial charge in [0.15, 0.2) is 0 Å². The SMILES string of the molecule is CC(C)(/C=C\CCCC(=O)O)COCc1ccccc1. The summed E-state index contributed by atoms with van der Waals surface area (Å²) in [6, 6.07) is 10.1. The molecule has 20 heavy (non-hydrogen) atoms. The maximum absolute atomic E-state index is 10.4. The number of rotatable bonds is 9. The van der Waals surface area contributed by atoms with Crippen molar-refractivity contribution in [2.45, 2.75) is 39.7 Å². The van der Waals surface area contributed by atoms with Crippen LogP contribution in [0.15, 0.2) is 42.5 Å². The van der Waals surface area contributed by atoms with Crippen molar-refractivity contribution in [1.82, 2.24) is 0 Å². The van der Waals surface area contributed by atoms with Gasteiger partial charge in [-0.1, -0.05) is 56.3 Å². The quantitative estimate of drug-likeness (QED) is 0.547. The van der Waals surface area contributed by atoms with Gasteiger partial charge in [0.25, 0.3) is 0 Å². The van der Waals surface area contributed by atoms with Crippen molar-refractivity contribution in [1.29, 1.82) is 0 Å². The summed E-state index contributed by atoms with van der Waals surface area (Å²) < 4.78 is 5.73. The normalized spacial score (nSPS) is 11.9. The minimum absolute atomic E-state index is 0.0298. The molecule has 0 aliphatic heterocycles. The molecule has 3 nitrogen and oxygen atoms in total. The number of carbonyl (C=O) groups is 1. The Balaban J connectivity index is 2.23. The monoisotopic (exact) mass is 276 g/mol. The Labute approximate surface area is 121 Å². The third-order valence-electron chi connectivity index (χ3n) is 2.92. The van der Waals surface area contributed by atoms with Crippen molar-refractivity contribution in [2.75, 3.05) is 6.61 Å². The summed E-state index contributed by atoms with van der Waals surface area (Å²) in [7, 11) is 0. The Kier molecular flexibility index (Phi) is 7.02. The lowest BCUT2D eigenvalue weighted by Gasteiger charge is -2.20. The van der Waals surface area contributed by atoms with E-state index in [0.717, 1.165) is 6.42 Å². The van der Waals surface area contributed by atoms with E-state index in [2.05, 4.69) is 38.1 Å². The van der Waals surface area contributed by atoms with Crippen LogP contribution in [0.5, 0.6) is 0 Å². The van der Waals surface area contributed by atoms with Gasteiger partial charge >= 0.3 is 5.97 Å². The molecule has 1 aromatic rings. The number of unbranched alkanes of at least 4 members (excludes halogenated alkanes) is 1. The predicted octanol–water partition coefficient (Wildman–Crippen LogP) is 4.04. The molecule has 0 amide bonds. The Hall–Kier alpha value is -1.61. The molecule has 0 spiro atoms. The van der Waals surface area contributed by atoms with E-state index in [9.17, 15) is 4.79 Å². The smallest absolute Gasteiger partial charge is 0.303 e. The molecule has 0 saturated heterocycles. The highest BCUT2D eigenvalue weighted by Gasteiger charge is 2.13. The molecule has 0 radical (unpaired) electrons. The van der Waals surface area contributed by atoms with Crippen LogP contribution in [-0.2, 0) is 16.1 Å². The van der Waals surface area contributed by atoms with Gasteiger partial charge < -0.3 is 9.84 Å². The van der Waals surface area contributed by atoms with Crippen LogP contribution in [0, 0.1) is 5.41 Å². The lowest BCUT2D eigenvalue weighted by atomic mass is 9.93. The molecule has 0 aromatic heterocycles. The predicted molar refractivity (Wildman–Crippen MR) is 80.5 cm³/mol. The number of benzene rings is 1. The zero-order valence-corrected chi connectivity index (χ0v) is 12.3. The van der Waals surface area contributed by atoms with Crippen LogP contribution in [0.2, 0.25) is 0 Å². The molecule has 0 aliphatic rings. The van der Waals surface area contributed by atoms with Gasteiger partial charge in [-0.2, -0.15) is 0 Å². The number of hydrogen-bond acceptors (Lipinski definition) is 2. The Morgan fingerprint density at radius 1 is 1.30 bits per heavy atom. The van der Waals surface area contributed by atoms with E-state index in [4.69, 9.17) is 9.84 Å². The number of hydrogen-bond donors (Lipinski definition) is 1. The minimum atomic E-state index is -0.733. The zero-order valence-electron chi connectivity index (χ0n) is 12.3. The molecule has 0 heterocycles. The van der Waals surface area contributed by atoms with Crippen LogP contribution in [0.25, 0.3) is 0 Å². The fourth-order valence-electron chi connectivity index (χ4n) is 1.83. The highest BCUT2D eigenvalue weighted by Crippen LogP contribution is 2.19. The molecule has 0 aliphatic carbocycles. The maximum atomic E-state index is 10.4. The number of carboxylic acid groups (broad SMARTS) is 1. The van der Waals surface area contributed by atoms with E-state index in [0.29, 0.717) is 19.6 Å². The lowest BCUT2D eigenvalue weighted by molar-refractivity contribution is -0.137. The first-order valence-electron chi connectivity index (χ1n) is 7.01. The summed E-state index contributed by atoms with van der Waals surface area (Å²) in [5.74, 6) is -0.733. The second-order valence-electron chi connectivity index (χ2n) is 5.66. The first kappa shape index (κ1) is 16.4. The second kappa shape index (κ2) is 8.54. The minimum Gasteiger partial charge on any atom is -0.481 e. The van der Waals surface area contributed by atoms with E-state index in [1.807, 2.05) is 18.2 Å². The van der Waals surface area contributed by atoms with Gasteiger partial charge in [-0.05, 0) is 18.4 Å². The van der Waals surface area contributed by atoms with E-state index in [1.54, 1.807) is 0 Å². The van der Waals surface area contributed by atoms with Crippen LogP contribution >= 0.6 is 0 Å². The van der Waals surface area contributed by atoms with Gasteiger partial charge in [0.1, 0.15) is 0 Å². The van der Waals surface area contributed by atoms with Gasteiger partial charge in [-0.25, -0.2) is 0 Å². The number of allylic oxidation sites excluding steroid dienone is 1. The van der Waals surface area contributed by atoms with Gasteiger partial charge in [0.2, 0.25) is 0 Å². The standard InChI is InChI=1S/C17H24O3/c1-17(2,12-8-4-7-11-16(18)19)14-20-13-15-9-5-3-6-10-15/h3,5-6,8-10,12H,4,7,11,13-14H2,1-2H3,(H,18,19)/b12-8-. The Bertz CT molecular complexity index is 421. The van der Waals surface area contributed by atoms with Gasteiger partial charge in [-0.15, -0.1) is 0 Å². The topological polar surface area (TPSA) is 46.5 Å². The number of ether oxygens (including phenoxy) is 1. The van der Waals surface area contributed by atoms with E-state index in [-0.39, 0.29) is 11.8 Å². The third kappa shape index (κ3) is 7.74. The summed E-state index contributed by atoms with van der Waals surface area (Å²) in [4.78, 5) is 10.4. The average Bonchev–Trinajstić information content (AvgIpc) is 2.39. The fraction of sp³-hybridized carbons (Fsp3) is 0.471. The summed E-state index contributed by atoms with van der Waals surface area (Å²) in [6.45, 7) is 5.51. The van der Waals surface area contributed by atoms with Crippen molar-refractivity contribution in [3.63, 3.8) is 0 Å². The molecule has 3 heteroatoms. The molecule has 0 unspecified atom stereocenters. The average molecular weight is 276 g/mol. The lowest BCUT2D eigenvalue weighted by Crippen LogP contribution is -2.16. The van der Waals surface area contributed by atoms with Crippen LogP contribution in [-0.4, -0.2) is 17.7 Å². The molecule has 1 N–H and O–H groups in total. The van der Waals surface area contributed by atoms with E-state index >= 15 is 0 Å². The third-order valence-corrected chi connectivity index (χ3v) is 2.92. The van der Waals surface area contributed by atoms with E-state index in [1.165, 1.54) is 5.56 Å². The summed E-state index contributed by atoms with van der Waals surface area (Å²) in [5.41, 5.74) is 1.14. The zero-order chi connectivity index (χ0) is 14.8. The molecule has 0 bridgehead atoms. The molecule has 1 aromatic carbocycles. The van der Waals surface area contributed by atoms with Crippen LogP contribution in [0.1, 0.15) is 38.7 Å². The summed E-state index contributed by atoms with van der Waals surface area (Å²) in [6.07, 6.45) is 5.88. The maximum Gasteiger partial charge on any atom is 0.303 e. The van der Waals surface area contributed by atoms with Crippen molar-refractivity contribution in [2.24, 2.45) is 5.41 Å². The fourth-order valence-corrected chi connectivity index (χ4v) is 1.83. The van der Waals surface area contributed by atoms with Crippen molar-refractivity contribution < 1.29 is 14.6 Å². The largest absolute Gasteiger partial charge is 0.481 e. The number of carboxylic acids is 1. The Morgan fingerprint density at radius 3 is 2.65 bits per heavy atom. The molecule has 0 saturated carbocycles. The van der Waals surface area contributed by atoms with Crippen molar-refractivity contribution >= 4 is 5.97 Å². The van der Waals surface area contributed by atoms with Gasteiger partial charge in [-0.3, -0.25) is 4.79 Å². The Morgan fingerprint density at radius 2 is 2.00 bits per heavy atom. The highest BCUT2D eigenvalue weighted by atomic mass is 16.5. The number of aliphatic carboxylic acids is 1. The molecule has 110 valence electrons. The first-order chi connectivity index (χ1) is 9.49. The van der Waals surface area contributed by atoms with Gasteiger partial charge in [0.05, 0.1) is 13.2 Å². The summed E-state index contributed by atoms with van der Waals surface area (Å²) >= 11 is 0. The first-order valence-corrected chi connectivity index (χ1v) is 7.01. The molecule has 0 atom stereocenters. The summed E-state index contributed by atoms with van der Waals surface area (Å²) in [5, 5.41) is 8.55. The molecule has 0 fully saturated rings. The second-order valence-corrected chi connectivity index (χ2v) is 5.66. The van der Waals surface area contributed by atoms with Crippen molar-refractivity contribution in [3.8, 4) is 0 Å².